The standard InChI is InChI=1S/C23H24N4O2/c28-21-14-19(25-22(27-21)18-11-6-12-24-15-18)13-20(16-7-2-1-3-8-16)26-23(29)17-9-4-5-10-17/h1-3,6-8,11-12,14-15,17,20H,4-5,9-10,13H2,(H,26,29)(H,25,27,28)/t20-/m1/s1. The van der Waals surface area contributed by atoms with Crippen LogP contribution in [-0.2, 0) is 11.2 Å². The molecule has 29 heavy (non-hydrogen) atoms. The van der Waals surface area contributed by atoms with E-state index in [-0.39, 0.29) is 23.4 Å². The molecule has 6 heteroatoms. The van der Waals surface area contributed by atoms with Crippen molar-refractivity contribution in [2.45, 2.75) is 38.1 Å². The maximum absolute atomic E-state index is 12.8. The van der Waals surface area contributed by atoms with Crippen LogP contribution in [0.15, 0.2) is 65.7 Å². The lowest BCUT2D eigenvalue weighted by molar-refractivity contribution is -0.125. The third-order valence-electron chi connectivity index (χ3n) is 5.39. The van der Waals surface area contributed by atoms with Crippen molar-refractivity contribution in [1.82, 2.24) is 20.3 Å². The summed E-state index contributed by atoms with van der Waals surface area (Å²) in [5.74, 6) is 0.655. The van der Waals surface area contributed by atoms with Crippen molar-refractivity contribution in [3.63, 3.8) is 0 Å². The summed E-state index contributed by atoms with van der Waals surface area (Å²) in [7, 11) is 0. The molecule has 2 N–H and O–H groups in total. The Morgan fingerprint density at radius 3 is 2.66 bits per heavy atom. The first-order valence-corrected chi connectivity index (χ1v) is 10.0. The van der Waals surface area contributed by atoms with E-state index in [4.69, 9.17) is 0 Å². The van der Waals surface area contributed by atoms with Gasteiger partial charge in [-0.25, -0.2) is 4.98 Å². The van der Waals surface area contributed by atoms with Gasteiger partial charge in [0.15, 0.2) is 0 Å². The zero-order valence-corrected chi connectivity index (χ0v) is 16.2. The van der Waals surface area contributed by atoms with Crippen LogP contribution in [0.2, 0.25) is 0 Å². The van der Waals surface area contributed by atoms with Gasteiger partial charge in [-0.2, -0.15) is 0 Å². The number of aromatic amines is 1. The summed E-state index contributed by atoms with van der Waals surface area (Å²) in [5.41, 5.74) is 2.16. The monoisotopic (exact) mass is 388 g/mol. The molecule has 2 aromatic heterocycles. The van der Waals surface area contributed by atoms with E-state index in [1.165, 1.54) is 6.07 Å². The van der Waals surface area contributed by atoms with Crippen LogP contribution in [0.5, 0.6) is 0 Å². The minimum atomic E-state index is -0.236. The quantitative estimate of drug-likeness (QED) is 0.677. The number of rotatable bonds is 6. The van der Waals surface area contributed by atoms with E-state index in [0.29, 0.717) is 17.9 Å². The van der Waals surface area contributed by atoms with Crippen LogP contribution in [0.25, 0.3) is 11.4 Å². The molecule has 0 bridgehead atoms. The first-order chi connectivity index (χ1) is 14.2. The summed E-state index contributed by atoms with van der Waals surface area (Å²) in [6, 6.07) is 14.8. The molecule has 1 fully saturated rings. The predicted octanol–water partition coefficient (Wildman–Crippen LogP) is 3.42. The highest BCUT2D eigenvalue weighted by Crippen LogP contribution is 2.26. The minimum absolute atomic E-state index is 0.0827. The van der Waals surface area contributed by atoms with Crippen LogP contribution in [0.4, 0.5) is 0 Å². The Balaban J connectivity index is 1.61. The fourth-order valence-electron chi connectivity index (χ4n) is 3.88. The lowest BCUT2D eigenvalue weighted by Gasteiger charge is -2.21. The van der Waals surface area contributed by atoms with Gasteiger partial charge < -0.3 is 10.3 Å². The van der Waals surface area contributed by atoms with Gasteiger partial charge >= 0.3 is 0 Å². The Labute approximate surface area is 169 Å². The van der Waals surface area contributed by atoms with E-state index in [1.807, 2.05) is 36.4 Å². The summed E-state index contributed by atoms with van der Waals surface area (Å²) in [4.78, 5) is 36.5. The Morgan fingerprint density at radius 1 is 1.14 bits per heavy atom. The third-order valence-corrected chi connectivity index (χ3v) is 5.39. The molecule has 1 aliphatic carbocycles. The topological polar surface area (TPSA) is 87.7 Å². The fraction of sp³-hybridized carbons (Fsp3) is 0.304. The fourth-order valence-corrected chi connectivity index (χ4v) is 3.88. The third kappa shape index (κ3) is 4.77. The molecule has 0 saturated heterocycles. The van der Waals surface area contributed by atoms with Gasteiger partial charge in [0.2, 0.25) is 5.91 Å². The number of hydrogen-bond donors (Lipinski definition) is 2. The molecule has 0 radical (unpaired) electrons. The number of amides is 1. The van der Waals surface area contributed by atoms with E-state index in [9.17, 15) is 9.59 Å². The molecule has 0 unspecified atom stereocenters. The Hall–Kier alpha value is -3.28. The van der Waals surface area contributed by atoms with Gasteiger partial charge in [0.25, 0.3) is 5.56 Å². The maximum Gasteiger partial charge on any atom is 0.251 e. The van der Waals surface area contributed by atoms with Crippen LogP contribution in [0.3, 0.4) is 0 Å². The van der Waals surface area contributed by atoms with E-state index >= 15 is 0 Å². The molecular weight excluding hydrogens is 364 g/mol. The van der Waals surface area contributed by atoms with Crippen molar-refractivity contribution >= 4 is 5.91 Å². The predicted molar refractivity (Wildman–Crippen MR) is 111 cm³/mol. The highest BCUT2D eigenvalue weighted by atomic mass is 16.2. The number of carbonyl (C=O) groups is 1. The molecule has 1 amide bonds. The summed E-state index contributed by atoms with van der Waals surface area (Å²) >= 11 is 0. The van der Waals surface area contributed by atoms with Crippen LogP contribution >= 0.6 is 0 Å². The number of carbonyl (C=O) groups excluding carboxylic acids is 1. The second-order valence-corrected chi connectivity index (χ2v) is 7.48. The second-order valence-electron chi connectivity index (χ2n) is 7.48. The average molecular weight is 388 g/mol. The van der Waals surface area contributed by atoms with E-state index in [2.05, 4.69) is 20.3 Å². The van der Waals surface area contributed by atoms with Crippen LogP contribution in [-0.4, -0.2) is 20.9 Å². The largest absolute Gasteiger partial charge is 0.349 e. The first kappa shape index (κ1) is 19.1. The zero-order valence-electron chi connectivity index (χ0n) is 16.2. The van der Waals surface area contributed by atoms with Crippen molar-refractivity contribution in [2.75, 3.05) is 0 Å². The van der Waals surface area contributed by atoms with Crippen molar-refractivity contribution < 1.29 is 4.79 Å². The summed E-state index contributed by atoms with van der Waals surface area (Å²) in [5, 5.41) is 3.20. The zero-order chi connectivity index (χ0) is 20.1. The molecule has 0 aliphatic heterocycles. The highest BCUT2D eigenvalue weighted by Gasteiger charge is 2.25. The van der Waals surface area contributed by atoms with Gasteiger partial charge in [-0.3, -0.25) is 14.6 Å². The lowest BCUT2D eigenvalue weighted by atomic mass is 9.99. The van der Waals surface area contributed by atoms with Gasteiger partial charge in [-0.1, -0.05) is 43.2 Å². The van der Waals surface area contributed by atoms with Gasteiger partial charge in [-0.05, 0) is 30.5 Å². The number of aromatic nitrogens is 3. The normalized spacial score (nSPS) is 15.2. The molecule has 0 spiro atoms. The maximum atomic E-state index is 12.8. The highest BCUT2D eigenvalue weighted by molar-refractivity contribution is 5.79. The molecular formula is C23H24N4O2. The summed E-state index contributed by atoms with van der Waals surface area (Å²) < 4.78 is 0. The van der Waals surface area contributed by atoms with Crippen LogP contribution < -0.4 is 10.9 Å². The molecule has 1 aliphatic rings. The molecule has 6 nitrogen and oxygen atoms in total. The molecule has 3 aromatic rings. The van der Waals surface area contributed by atoms with Gasteiger partial charge in [-0.15, -0.1) is 0 Å². The number of pyridine rings is 1. The van der Waals surface area contributed by atoms with E-state index in [1.54, 1.807) is 18.5 Å². The van der Waals surface area contributed by atoms with Crippen LogP contribution in [0, 0.1) is 5.92 Å². The lowest BCUT2D eigenvalue weighted by Crippen LogP contribution is -2.34. The van der Waals surface area contributed by atoms with Gasteiger partial charge in [0.05, 0.1) is 11.7 Å². The van der Waals surface area contributed by atoms with Crippen molar-refractivity contribution in [3.8, 4) is 11.4 Å². The molecule has 1 saturated carbocycles. The average Bonchev–Trinajstić information content (AvgIpc) is 3.29. The smallest absolute Gasteiger partial charge is 0.251 e. The molecule has 2 heterocycles. The van der Waals surface area contributed by atoms with Gasteiger partial charge in [0.1, 0.15) is 5.82 Å². The molecule has 4 rings (SSSR count). The first-order valence-electron chi connectivity index (χ1n) is 10.0. The molecule has 1 atom stereocenters. The molecule has 148 valence electrons. The van der Waals surface area contributed by atoms with Crippen molar-refractivity contribution in [3.05, 3.63) is 82.5 Å². The van der Waals surface area contributed by atoms with Gasteiger partial charge in [0, 0.05) is 36.4 Å². The Bertz CT molecular complexity index is 1010. The number of nitrogens with zero attached hydrogens (tertiary/aromatic N) is 2. The second kappa shape index (κ2) is 8.82. The summed E-state index contributed by atoms with van der Waals surface area (Å²) in [6.45, 7) is 0. The Morgan fingerprint density at radius 2 is 1.93 bits per heavy atom. The number of nitrogens with one attached hydrogen (secondary N) is 2. The van der Waals surface area contributed by atoms with Crippen molar-refractivity contribution in [2.24, 2.45) is 5.92 Å². The van der Waals surface area contributed by atoms with Crippen LogP contribution in [0.1, 0.15) is 43.0 Å². The van der Waals surface area contributed by atoms with Crippen molar-refractivity contribution in [1.29, 1.82) is 0 Å². The molecule has 1 aromatic carbocycles. The SMILES string of the molecule is O=C(N[C@H](Cc1cc(=O)[nH]c(-c2cccnc2)n1)c1ccccc1)C1CCCC1. The number of hydrogen-bond acceptors (Lipinski definition) is 4. The summed E-state index contributed by atoms with van der Waals surface area (Å²) in [6.07, 6.45) is 7.90. The number of benzene rings is 1. The van der Waals surface area contributed by atoms with E-state index in [0.717, 1.165) is 36.8 Å². The Kier molecular flexibility index (Phi) is 5.79. The minimum Gasteiger partial charge on any atom is -0.349 e. The van der Waals surface area contributed by atoms with E-state index < -0.39 is 0 Å². The number of H-pyrrole nitrogens is 1.